The highest BCUT2D eigenvalue weighted by Gasteiger charge is 2.20. The van der Waals surface area contributed by atoms with Gasteiger partial charge in [0.25, 0.3) is 0 Å². The molecule has 2 atom stereocenters. The standard InChI is InChI=1S/C15H23NO2S2/c1-12(14-7-5-10-18-14)16(2)15(17)8-4-3-6-13-9-11-19-20-13/h5,7,10,12-13H,3-4,6,8-9,11H2,1-2H3. The van der Waals surface area contributed by atoms with Gasteiger partial charge in [0.2, 0.25) is 5.91 Å². The van der Waals surface area contributed by atoms with Crippen LogP contribution in [0, 0.1) is 0 Å². The third-order valence-corrected chi connectivity index (χ3v) is 6.83. The molecule has 1 aromatic heterocycles. The first-order valence-corrected chi connectivity index (χ1v) is 9.64. The Bertz CT molecular complexity index is 402. The first kappa shape index (κ1) is 15.8. The van der Waals surface area contributed by atoms with E-state index in [1.54, 1.807) is 11.2 Å². The second-order valence-corrected chi connectivity index (χ2v) is 8.06. The third-order valence-electron chi connectivity index (χ3n) is 3.82. The Hall–Kier alpha value is -0.550. The molecule has 20 heavy (non-hydrogen) atoms. The lowest BCUT2D eigenvalue weighted by Crippen LogP contribution is -2.29. The van der Waals surface area contributed by atoms with Gasteiger partial charge in [0.1, 0.15) is 5.76 Å². The van der Waals surface area contributed by atoms with Gasteiger partial charge in [0.15, 0.2) is 0 Å². The number of furan rings is 1. The van der Waals surface area contributed by atoms with Crippen LogP contribution in [-0.2, 0) is 4.79 Å². The monoisotopic (exact) mass is 313 g/mol. The van der Waals surface area contributed by atoms with Crippen LogP contribution in [0.3, 0.4) is 0 Å². The summed E-state index contributed by atoms with van der Waals surface area (Å²) in [4.78, 5) is 13.9. The molecule has 2 unspecified atom stereocenters. The summed E-state index contributed by atoms with van der Waals surface area (Å²) in [6, 6.07) is 3.80. The molecule has 1 aliphatic heterocycles. The van der Waals surface area contributed by atoms with Gasteiger partial charge in [0, 0.05) is 24.5 Å². The lowest BCUT2D eigenvalue weighted by atomic mass is 10.1. The zero-order chi connectivity index (χ0) is 14.4. The van der Waals surface area contributed by atoms with Gasteiger partial charge < -0.3 is 9.32 Å². The number of hydrogen-bond acceptors (Lipinski definition) is 4. The largest absolute Gasteiger partial charge is 0.467 e. The van der Waals surface area contributed by atoms with Gasteiger partial charge in [-0.05, 0) is 38.3 Å². The van der Waals surface area contributed by atoms with Crippen molar-refractivity contribution >= 4 is 27.5 Å². The van der Waals surface area contributed by atoms with Crippen LogP contribution in [0.25, 0.3) is 0 Å². The Morgan fingerprint density at radius 2 is 2.40 bits per heavy atom. The van der Waals surface area contributed by atoms with Crippen molar-refractivity contribution in [3.05, 3.63) is 24.2 Å². The van der Waals surface area contributed by atoms with Crippen LogP contribution in [0.4, 0.5) is 0 Å². The van der Waals surface area contributed by atoms with Gasteiger partial charge in [-0.25, -0.2) is 0 Å². The highest BCUT2D eigenvalue weighted by Crippen LogP contribution is 2.39. The van der Waals surface area contributed by atoms with E-state index in [1.165, 1.54) is 18.6 Å². The molecule has 2 rings (SSSR count). The van der Waals surface area contributed by atoms with Crippen LogP contribution < -0.4 is 0 Å². The minimum atomic E-state index is 0.0132. The molecule has 0 radical (unpaired) electrons. The van der Waals surface area contributed by atoms with Crippen LogP contribution in [0.2, 0.25) is 0 Å². The molecule has 0 saturated carbocycles. The van der Waals surface area contributed by atoms with E-state index < -0.39 is 0 Å². The van der Waals surface area contributed by atoms with Crippen LogP contribution in [-0.4, -0.2) is 28.9 Å². The smallest absolute Gasteiger partial charge is 0.222 e. The molecule has 1 fully saturated rings. The molecule has 0 bridgehead atoms. The van der Waals surface area contributed by atoms with Gasteiger partial charge in [-0.1, -0.05) is 28.0 Å². The quantitative estimate of drug-likeness (QED) is 0.547. The van der Waals surface area contributed by atoms with Crippen molar-refractivity contribution in [3.63, 3.8) is 0 Å². The molecule has 3 nitrogen and oxygen atoms in total. The molecule has 1 saturated heterocycles. The van der Waals surface area contributed by atoms with E-state index >= 15 is 0 Å². The summed E-state index contributed by atoms with van der Waals surface area (Å²) in [6.45, 7) is 2.00. The van der Waals surface area contributed by atoms with Crippen LogP contribution in [0.1, 0.15) is 50.8 Å². The molecule has 0 aromatic carbocycles. The van der Waals surface area contributed by atoms with Crippen molar-refractivity contribution in [1.82, 2.24) is 4.90 Å². The van der Waals surface area contributed by atoms with Crippen molar-refractivity contribution in [2.24, 2.45) is 0 Å². The highest BCUT2D eigenvalue weighted by atomic mass is 33.1. The molecule has 0 N–H and O–H groups in total. The third kappa shape index (κ3) is 4.48. The van der Waals surface area contributed by atoms with Crippen LogP contribution >= 0.6 is 21.6 Å². The fourth-order valence-electron chi connectivity index (χ4n) is 2.32. The van der Waals surface area contributed by atoms with Gasteiger partial charge in [-0.3, -0.25) is 4.79 Å². The second kappa shape index (κ2) is 8.03. The molecular weight excluding hydrogens is 290 g/mol. The Morgan fingerprint density at radius 3 is 3.05 bits per heavy atom. The summed E-state index contributed by atoms with van der Waals surface area (Å²) in [5.41, 5.74) is 0. The normalized spacial score (nSPS) is 20.0. The summed E-state index contributed by atoms with van der Waals surface area (Å²) in [7, 11) is 5.86. The second-order valence-electron chi connectivity index (χ2n) is 5.27. The van der Waals surface area contributed by atoms with E-state index in [0.717, 1.165) is 23.9 Å². The molecule has 1 aliphatic rings. The van der Waals surface area contributed by atoms with Crippen LogP contribution in [0.5, 0.6) is 0 Å². The van der Waals surface area contributed by atoms with Gasteiger partial charge >= 0.3 is 0 Å². The average Bonchev–Trinajstić information content (AvgIpc) is 3.14. The zero-order valence-corrected chi connectivity index (χ0v) is 13.8. The van der Waals surface area contributed by atoms with Crippen molar-refractivity contribution < 1.29 is 9.21 Å². The maximum atomic E-state index is 12.2. The van der Waals surface area contributed by atoms with Gasteiger partial charge in [-0.2, -0.15) is 0 Å². The maximum Gasteiger partial charge on any atom is 0.222 e. The van der Waals surface area contributed by atoms with E-state index in [-0.39, 0.29) is 11.9 Å². The summed E-state index contributed by atoms with van der Waals surface area (Å²) in [5.74, 6) is 2.35. The molecule has 1 amide bonds. The van der Waals surface area contributed by atoms with E-state index in [9.17, 15) is 4.79 Å². The summed E-state index contributed by atoms with van der Waals surface area (Å²) >= 11 is 0. The number of carbonyl (C=O) groups excluding carboxylic acids is 1. The predicted molar refractivity (Wildman–Crippen MR) is 86.8 cm³/mol. The Balaban J connectivity index is 1.65. The maximum absolute atomic E-state index is 12.2. The van der Waals surface area contributed by atoms with Crippen LogP contribution in [0.15, 0.2) is 22.8 Å². The SMILES string of the molecule is CC(c1ccco1)N(C)C(=O)CCCCC1CCSS1. The molecular formula is C15H23NO2S2. The van der Waals surface area contributed by atoms with E-state index in [2.05, 4.69) is 0 Å². The zero-order valence-electron chi connectivity index (χ0n) is 12.2. The minimum absolute atomic E-state index is 0.0132. The van der Waals surface area contributed by atoms with E-state index in [1.807, 2.05) is 47.7 Å². The number of amides is 1. The molecule has 0 spiro atoms. The first-order valence-electron chi connectivity index (χ1n) is 7.26. The number of unbranched alkanes of at least 4 members (excludes halogenated alkanes) is 1. The van der Waals surface area contributed by atoms with E-state index in [0.29, 0.717) is 6.42 Å². The number of carbonyl (C=O) groups is 1. The van der Waals surface area contributed by atoms with Crippen molar-refractivity contribution in [3.8, 4) is 0 Å². The fraction of sp³-hybridized carbons (Fsp3) is 0.667. The first-order chi connectivity index (χ1) is 9.68. The number of nitrogens with zero attached hydrogens (tertiary/aromatic N) is 1. The summed E-state index contributed by atoms with van der Waals surface area (Å²) in [6.07, 6.45) is 7.04. The molecule has 1 aromatic rings. The minimum Gasteiger partial charge on any atom is -0.467 e. The average molecular weight is 313 g/mol. The number of hydrogen-bond donors (Lipinski definition) is 0. The topological polar surface area (TPSA) is 33.5 Å². The van der Waals surface area contributed by atoms with Crippen molar-refractivity contribution in [2.45, 2.75) is 50.3 Å². The van der Waals surface area contributed by atoms with Crippen molar-refractivity contribution in [2.75, 3.05) is 12.8 Å². The van der Waals surface area contributed by atoms with E-state index in [4.69, 9.17) is 4.42 Å². The Kier molecular flexibility index (Phi) is 6.36. The predicted octanol–water partition coefficient (Wildman–Crippen LogP) is 4.51. The molecule has 0 aliphatic carbocycles. The Morgan fingerprint density at radius 1 is 1.55 bits per heavy atom. The van der Waals surface area contributed by atoms with Crippen molar-refractivity contribution in [1.29, 1.82) is 0 Å². The summed E-state index contributed by atoms with van der Waals surface area (Å²) in [5, 5.41) is 0.815. The Labute approximate surface area is 129 Å². The molecule has 112 valence electrons. The summed E-state index contributed by atoms with van der Waals surface area (Å²) < 4.78 is 5.36. The van der Waals surface area contributed by atoms with Gasteiger partial charge in [0.05, 0.1) is 12.3 Å². The molecule has 5 heteroatoms. The fourth-order valence-corrected chi connectivity index (χ4v) is 5.35. The van der Waals surface area contributed by atoms with Gasteiger partial charge in [-0.15, -0.1) is 0 Å². The lowest BCUT2D eigenvalue weighted by molar-refractivity contribution is -0.132. The lowest BCUT2D eigenvalue weighted by Gasteiger charge is -2.23. The number of rotatable bonds is 7. The molecule has 2 heterocycles. The highest BCUT2D eigenvalue weighted by molar-refractivity contribution is 8.77.